The van der Waals surface area contributed by atoms with Crippen LogP contribution in [0, 0.1) is 0 Å². The third-order valence-corrected chi connectivity index (χ3v) is 3.44. The van der Waals surface area contributed by atoms with Crippen molar-refractivity contribution >= 4 is 27.5 Å². The average molecular weight is 314 g/mol. The summed E-state index contributed by atoms with van der Waals surface area (Å²) in [6.07, 6.45) is 0. The maximum Gasteiger partial charge on any atom is 0.120 e. The van der Waals surface area contributed by atoms with Crippen molar-refractivity contribution in [2.24, 2.45) is 0 Å². The number of hydrogen-bond donors (Lipinski definition) is 1. The molecule has 17 heavy (non-hydrogen) atoms. The lowest BCUT2D eigenvalue weighted by molar-refractivity contribution is 0.305. The fourth-order valence-electron chi connectivity index (χ4n) is 1.34. The van der Waals surface area contributed by atoms with Crippen LogP contribution in [0.25, 0.3) is 0 Å². The molecule has 0 fully saturated rings. The Kier molecular flexibility index (Phi) is 3.92. The van der Waals surface area contributed by atoms with E-state index in [0.29, 0.717) is 17.4 Å². The van der Waals surface area contributed by atoms with Crippen LogP contribution < -0.4 is 4.74 Å². The largest absolute Gasteiger partial charge is 0.508 e. The molecule has 0 aliphatic carbocycles. The number of phenols is 1. The van der Waals surface area contributed by atoms with E-state index in [-0.39, 0.29) is 5.75 Å². The van der Waals surface area contributed by atoms with E-state index < -0.39 is 0 Å². The molecule has 4 heteroatoms. The van der Waals surface area contributed by atoms with Crippen LogP contribution in [0.4, 0.5) is 0 Å². The highest BCUT2D eigenvalue weighted by Gasteiger charge is 2.00. The zero-order valence-corrected chi connectivity index (χ0v) is 11.2. The number of benzene rings is 2. The second kappa shape index (κ2) is 5.43. The molecule has 0 aliphatic heterocycles. The first kappa shape index (κ1) is 12.3. The van der Waals surface area contributed by atoms with E-state index in [0.717, 1.165) is 10.0 Å². The molecule has 0 spiro atoms. The topological polar surface area (TPSA) is 29.5 Å². The Morgan fingerprint density at radius 2 is 1.82 bits per heavy atom. The van der Waals surface area contributed by atoms with Crippen molar-refractivity contribution in [1.29, 1.82) is 0 Å². The number of ether oxygens (including phenoxy) is 1. The second-order valence-corrected chi connectivity index (χ2v) is 4.79. The van der Waals surface area contributed by atoms with Crippen LogP contribution in [0.3, 0.4) is 0 Å². The molecule has 2 nitrogen and oxygen atoms in total. The Balaban J connectivity index is 2.02. The van der Waals surface area contributed by atoms with Crippen molar-refractivity contribution in [3.05, 3.63) is 57.5 Å². The fraction of sp³-hybridized carbons (Fsp3) is 0.0769. The van der Waals surface area contributed by atoms with E-state index in [4.69, 9.17) is 21.4 Å². The Morgan fingerprint density at radius 3 is 2.47 bits per heavy atom. The number of halogens is 2. The summed E-state index contributed by atoms with van der Waals surface area (Å²) in [7, 11) is 0. The first-order valence-corrected chi connectivity index (χ1v) is 6.18. The number of aromatic hydroxyl groups is 1. The summed E-state index contributed by atoms with van der Waals surface area (Å²) in [5.74, 6) is 0.945. The van der Waals surface area contributed by atoms with Gasteiger partial charge >= 0.3 is 0 Å². The van der Waals surface area contributed by atoms with Crippen LogP contribution in [-0.4, -0.2) is 5.11 Å². The lowest BCUT2D eigenvalue weighted by Gasteiger charge is -2.07. The quantitative estimate of drug-likeness (QED) is 0.911. The highest BCUT2D eigenvalue weighted by Crippen LogP contribution is 2.24. The van der Waals surface area contributed by atoms with Gasteiger partial charge in [0, 0.05) is 4.47 Å². The van der Waals surface area contributed by atoms with Crippen molar-refractivity contribution in [3.8, 4) is 11.5 Å². The van der Waals surface area contributed by atoms with Crippen LogP contribution in [-0.2, 0) is 6.61 Å². The van der Waals surface area contributed by atoms with Gasteiger partial charge in [-0.25, -0.2) is 0 Å². The number of hydrogen-bond acceptors (Lipinski definition) is 2. The van der Waals surface area contributed by atoms with E-state index in [1.165, 1.54) is 0 Å². The van der Waals surface area contributed by atoms with Crippen molar-refractivity contribution in [1.82, 2.24) is 0 Å². The van der Waals surface area contributed by atoms with Gasteiger partial charge in [0.1, 0.15) is 18.1 Å². The molecule has 0 aromatic heterocycles. The molecule has 0 saturated heterocycles. The first-order chi connectivity index (χ1) is 8.15. The Hall–Kier alpha value is -1.19. The summed E-state index contributed by atoms with van der Waals surface area (Å²) in [5, 5.41) is 9.81. The fourth-order valence-corrected chi connectivity index (χ4v) is 1.88. The Morgan fingerprint density at radius 1 is 1.12 bits per heavy atom. The second-order valence-electron chi connectivity index (χ2n) is 3.53. The summed E-state index contributed by atoms with van der Waals surface area (Å²) in [4.78, 5) is 0. The minimum absolute atomic E-state index is 0.228. The Bertz CT molecular complexity index is 511. The van der Waals surface area contributed by atoms with Gasteiger partial charge in [0.15, 0.2) is 0 Å². The average Bonchev–Trinajstić information content (AvgIpc) is 2.33. The standard InChI is InChI=1S/C13H10BrClO2/c14-12-7-9(1-6-13(12)15)8-17-11-4-2-10(16)3-5-11/h1-7,16H,8H2. The summed E-state index contributed by atoms with van der Waals surface area (Å²) in [6, 6.07) is 12.3. The third-order valence-electron chi connectivity index (χ3n) is 2.23. The Labute approximate surface area is 113 Å². The van der Waals surface area contributed by atoms with Crippen LogP contribution in [0.5, 0.6) is 11.5 Å². The summed E-state index contributed by atoms with van der Waals surface area (Å²) in [5.41, 5.74) is 1.02. The highest BCUT2D eigenvalue weighted by molar-refractivity contribution is 9.10. The molecule has 0 unspecified atom stereocenters. The van der Waals surface area contributed by atoms with E-state index in [1.807, 2.05) is 18.2 Å². The summed E-state index contributed by atoms with van der Waals surface area (Å²) in [6.45, 7) is 0.459. The molecular formula is C13H10BrClO2. The molecule has 2 aromatic carbocycles. The molecule has 88 valence electrons. The van der Waals surface area contributed by atoms with Crippen LogP contribution in [0.1, 0.15) is 5.56 Å². The lowest BCUT2D eigenvalue weighted by Crippen LogP contribution is -1.95. The number of phenolic OH excluding ortho intramolecular Hbond substituents is 1. The smallest absolute Gasteiger partial charge is 0.120 e. The zero-order chi connectivity index (χ0) is 12.3. The molecular weight excluding hydrogens is 303 g/mol. The molecule has 0 aliphatic rings. The maximum absolute atomic E-state index is 9.13. The van der Waals surface area contributed by atoms with Gasteiger partial charge in [-0.1, -0.05) is 17.7 Å². The van der Waals surface area contributed by atoms with Gasteiger partial charge in [-0.3, -0.25) is 0 Å². The van der Waals surface area contributed by atoms with Gasteiger partial charge in [0.05, 0.1) is 5.02 Å². The van der Waals surface area contributed by atoms with E-state index in [2.05, 4.69) is 15.9 Å². The summed E-state index contributed by atoms with van der Waals surface area (Å²) < 4.78 is 6.42. The van der Waals surface area contributed by atoms with Crippen LogP contribution >= 0.6 is 27.5 Å². The molecule has 0 radical (unpaired) electrons. The van der Waals surface area contributed by atoms with E-state index in [1.54, 1.807) is 24.3 Å². The minimum Gasteiger partial charge on any atom is -0.508 e. The SMILES string of the molecule is Oc1ccc(OCc2ccc(Cl)c(Br)c2)cc1. The maximum atomic E-state index is 9.13. The van der Waals surface area contributed by atoms with Crippen molar-refractivity contribution < 1.29 is 9.84 Å². The number of rotatable bonds is 3. The van der Waals surface area contributed by atoms with E-state index >= 15 is 0 Å². The lowest BCUT2D eigenvalue weighted by atomic mass is 10.2. The zero-order valence-electron chi connectivity index (χ0n) is 8.86. The van der Waals surface area contributed by atoms with Gasteiger partial charge in [-0.05, 0) is 57.9 Å². The van der Waals surface area contributed by atoms with Gasteiger partial charge < -0.3 is 9.84 Å². The third kappa shape index (κ3) is 3.38. The minimum atomic E-state index is 0.228. The van der Waals surface area contributed by atoms with Crippen molar-refractivity contribution in [2.45, 2.75) is 6.61 Å². The first-order valence-electron chi connectivity index (χ1n) is 5.01. The normalized spacial score (nSPS) is 10.2. The van der Waals surface area contributed by atoms with Gasteiger partial charge in [0.25, 0.3) is 0 Å². The predicted octanol–water partition coefficient (Wildman–Crippen LogP) is 4.39. The molecule has 2 aromatic rings. The molecule has 2 rings (SSSR count). The van der Waals surface area contributed by atoms with Gasteiger partial charge in [0.2, 0.25) is 0 Å². The molecule has 0 bridgehead atoms. The molecule has 0 atom stereocenters. The van der Waals surface area contributed by atoms with Crippen molar-refractivity contribution in [2.75, 3.05) is 0 Å². The molecule has 0 saturated carbocycles. The summed E-state index contributed by atoms with van der Waals surface area (Å²) >= 11 is 9.26. The van der Waals surface area contributed by atoms with Gasteiger partial charge in [-0.15, -0.1) is 0 Å². The van der Waals surface area contributed by atoms with Gasteiger partial charge in [-0.2, -0.15) is 0 Å². The monoisotopic (exact) mass is 312 g/mol. The van der Waals surface area contributed by atoms with E-state index in [9.17, 15) is 0 Å². The predicted molar refractivity (Wildman–Crippen MR) is 71.6 cm³/mol. The highest BCUT2D eigenvalue weighted by atomic mass is 79.9. The molecule has 1 N–H and O–H groups in total. The van der Waals surface area contributed by atoms with Crippen molar-refractivity contribution in [3.63, 3.8) is 0 Å². The van der Waals surface area contributed by atoms with Crippen LogP contribution in [0.15, 0.2) is 46.9 Å². The molecule has 0 heterocycles. The molecule has 0 amide bonds. The van der Waals surface area contributed by atoms with Crippen LogP contribution in [0.2, 0.25) is 5.02 Å².